The van der Waals surface area contributed by atoms with Crippen molar-refractivity contribution in [2.75, 3.05) is 6.54 Å². The summed E-state index contributed by atoms with van der Waals surface area (Å²) in [4.78, 5) is 14.8. The molecule has 1 atom stereocenters. The number of aromatic nitrogens is 5. The monoisotopic (exact) mass is 509 g/mol. The van der Waals surface area contributed by atoms with Crippen LogP contribution in [0.5, 0.6) is 0 Å². The smallest absolute Gasteiger partial charge is 0.332 e. The molecule has 0 N–H and O–H groups in total. The Bertz CT molecular complexity index is 1560. The number of rotatable bonds is 3. The van der Waals surface area contributed by atoms with E-state index in [4.69, 9.17) is 5.26 Å². The van der Waals surface area contributed by atoms with Gasteiger partial charge < -0.3 is 4.90 Å². The van der Waals surface area contributed by atoms with E-state index in [1.807, 2.05) is 25.1 Å². The van der Waals surface area contributed by atoms with Gasteiger partial charge in [-0.05, 0) is 36.2 Å². The second-order valence-corrected chi connectivity index (χ2v) is 8.72. The molecule has 0 spiro atoms. The third kappa shape index (κ3) is 4.12. The van der Waals surface area contributed by atoms with Crippen LogP contribution in [0.25, 0.3) is 5.69 Å². The molecule has 0 aliphatic carbocycles. The first-order valence-electron chi connectivity index (χ1n) is 11.2. The van der Waals surface area contributed by atoms with E-state index < -0.39 is 35.0 Å². The van der Waals surface area contributed by atoms with Gasteiger partial charge in [-0.1, -0.05) is 29.5 Å². The minimum Gasteiger partial charge on any atom is -0.332 e. The minimum absolute atomic E-state index is 0.0696. The van der Waals surface area contributed by atoms with E-state index in [1.165, 1.54) is 4.90 Å². The number of hydrogen-bond donors (Lipinski definition) is 0. The number of aryl methyl sites for hydroxylation is 1. The summed E-state index contributed by atoms with van der Waals surface area (Å²) in [5.41, 5.74) is 0.391. The second kappa shape index (κ2) is 8.85. The van der Waals surface area contributed by atoms with Gasteiger partial charge in [-0.15, -0.1) is 5.10 Å². The highest BCUT2D eigenvalue weighted by Gasteiger charge is 2.44. The summed E-state index contributed by atoms with van der Waals surface area (Å²) in [6.45, 7) is 2.04. The lowest BCUT2D eigenvalue weighted by atomic mass is 9.84. The first-order valence-corrected chi connectivity index (χ1v) is 11.2. The summed E-state index contributed by atoms with van der Waals surface area (Å²) in [5, 5.41) is 20.2. The normalized spacial score (nSPS) is 15.4. The summed E-state index contributed by atoms with van der Waals surface area (Å²) in [6, 6.07) is 12.1. The topological polar surface area (TPSA) is 92.6 Å². The van der Waals surface area contributed by atoms with Crippen molar-refractivity contribution in [3.8, 4) is 11.8 Å². The van der Waals surface area contributed by atoms with Gasteiger partial charge in [0.2, 0.25) is 0 Å². The van der Waals surface area contributed by atoms with Gasteiger partial charge in [0.1, 0.15) is 11.5 Å². The molecule has 5 rings (SSSR count). The number of amides is 1. The number of nitrogens with zero attached hydrogens (tertiary/aromatic N) is 7. The van der Waals surface area contributed by atoms with Crippen molar-refractivity contribution in [1.82, 2.24) is 29.7 Å². The molecule has 0 saturated carbocycles. The molecule has 2 aromatic heterocycles. The van der Waals surface area contributed by atoms with Crippen LogP contribution in [0.3, 0.4) is 0 Å². The minimum atomic E-state index is -5.07. The highest BCUT2D eigenvalue weighted by atomic mass is 19.4. The Morgan fingerprint density at radius 2 is 1.92 bits per heavy atom. The molecule has 3 heterocycles. The summed E-state index contributed by atoms with van der Waals surface area (Å²) >= 11 is 0. The lowest BCUT2D eigenvalue weighted by Crippen LogP contribution is -2.39. The van der Waals surface area contributed by atoms with Crippen LogP contribution in [-0.4, -0.2) is 42.1 Å². The van der Waals surface area contributed by atoms with Crippen LogP contribution in [0, 0.1) is 24.1 Å². The van der Waals surface area contributed by atoms with Gasteiger partial charge in [-0.3, -0.25) is 9.48 Å². The van der Waals surface area contributed by atoms with Crippen molar-refractivity contribution < 1.29 is 22.4 Å². The first-order chi connectivity index (χ1) is 17.6. The number of hydrogen-bond acceptors (Lipinski definition) is 5. The van der Waals surface area contributed by atoms with E-state index in [1.54, 1.807) is 30.1 Å². The molecule has 1 amide bonds. The van der Waals surface area contributed by atoms with Gasteiger partial charge in [0.05, 0.1) is 17.8 Å². The average molecular weight is 509 g/mol. The van der Waals surface area contributed by atoms with Crippen LogP contribution in [0.1, 0.15) is 50.0 Å². The van der Waals surface area contributed by atoms with Crippen LogP contribution in [0.15, 0.2) is 48.7 Å². The van der Waals surface area contributed by atoms with E-state index >= 15 is 0 Å². The maximum absolute atomic E-state index is 14.6. The van der Waals surface area contributed by atoms with Crippen molar-refractivity contribution in [1.29, 1.82) is 5.26 Å². The fourth-order valence-electron chi connectivity index (χ4n) is 4.63. The number of halogens is 4. The maximum Gasteiger partial charge on any atom is 0.435 e. The van der Waals surface area contributed by atoms with Crippen molar-refractivity contribution in [3.05, 3.63) is 93.8 Å². The third-order valence-electron chi connectivity index (χ3n) is 6.58. The predicted octanol–water partition coefficient (Wildman–Crippen LogP) is 4.13. The quantitative estimate of drug-likeness (QED) is 0.388. The molecule has 0 fully saturated rings. The Balaban J connectivity index is 1.58. The van der Waals surface area contributed by atoms with Crippen molar-refractivity contribution in [2.24, 2.45) is 7.05 Å². The molecule has 1 aliphatic heterocycles. The Morgan fingerprint density at radius 3 is 2.57 bits per heavy atom. The molecule has 1 unspecified atom stereocenters. The average Bonchev–Trinajstić information content (AvgIpc) is 3.46. The standard InChI is InChI=1S/C25H19F4N7O/c1-14-18(11-31-34(14)2)19-13-35(12-16-5-3-4-6-17(16)19)24(37)22-23(25(27,28)29)36(33-32-22)21-8-7-15(10-30)9-20(21)26/h3-9,11,19H,12-13H2,1-2H3. The maximum atomic E-state index is 14.6. The Kier molecular flexibility index (Phi) is 5.78. The van der Waals surface area contributed by atoms with Crippen LogP contribution in [0.4, 0.5) is 17.6 Å². The highest BCUT2D eigenvalue weighted by Crippen LogP contribution is 2.38. The van der Waals surface area contributed by atoms with Crippen molar-refractivity contribution in [3.63, 3.8) is 0 Å². The molecule has 0 bridgehead atoms. The third-order valence-corrected chi connectivity index (χ3v) is 6.58. The van der Waals surface area contributed by atoms with E-state index in [0.29, 0.717) is 0 Å². The zero-order chi connectivity index (χ0) is 26.5. The predicted molar refractivity (Wildman–Crippen MR) is 122 cm³/mol. The molecular weight excluding hydrogens is 490 g/mol. The molecule has 1 aliphatic rings. The van der Waals surface area contributed by atoms with Gasteiger partial charge in [0.15, 0.2) is 11.4 Å². The van der Waals surface area contributed by atoms with Gasteiger partial charge >= 0.3 is 6.18 Å². The summed E-state index contributed by atoms with van der Waals surface area (Å²) in [7, 11) is 1.78. The van der Waals surface area contributed by atoms with E-state index in [-0.39, 0.29) is 29.3 Å². The summed E-state index contributed by atoms with van der Waals surface area (Å²) in [5.74, 6) is -2.40. The number of benzene rings is 2. The fourth-order valence-corrected chi connectivity index (χ4v) is 4.63. The van der Waals surface area contributed by atoms with E-state index in [0.717, 1.165) is 40.6 Å². The number of nitriles is 1. The number of carbonyl (C=O) groups excluding carboxylic acids is 1. The molecule has 0 radical (unpaired) electrons. The molecule has 37 heavy (non-hydrogen) atoms. The number of alkyl halides is 3. The zero-order valence-corrected chi connectivity index (χ0v) is 19.7. The van der Waals surface area contributed by atoms with Crippen LogP contribution in [0.2, 0.25) is 0 Å². The Hall–Kier alpha value is -4.53. The summed E-state index contributed by atoms with van der Waals surface area (Å²) < 4.78 is 59.2. The number of fused-ring (bicyclic) bond motifs is 1. The van der Waals surface area contributed by atoms with Crippen molar-refractivity contribution >= 4 is 5.91 Å². The molecule has 0 saturated heterocycles. The Labute approximate surface area is 208 Å². The fraction of sp³-hybridized carbons (Fsp3) is 0.240. The Morgan fingerprint density at radius 1 is 1.16 bits per heavy atom. The van der Waals surface area contributed by atoms with Crippen LogP contribution < -0.4 is 0 Å². The van der Waals surface area contributed by atoms with Crippen LogP contribution in [-0.2, 0) is 19.8 Å². The van der Waals surface area contributed by atoms with Gasteiger partial charge in [-0.2, -0.15) is 23.5 Å². The van der Waals surface area contributed by atoms with Gasteiger partial charge in [0.25, 0.3) is 5.91 Å². The van der Waals surface area contributed by atoms with Gasteiger partial charge in [-0.25, -0.2) is 9.07 Å². The molecule has 12 heteroatoms. The molecule has 4 aromatic rings. The summed E-state index contributed by atoms with van der Waals surface area (Å²) in [6.07, 6.45) is -3.38. The molecular formula is C25H19F4N7O. The SMILES string of the molecule is Cc1c(C2CN(C(=O)c3nnn(-c4ccc(C#N)cc4F)c3C(F)(F)F)Cc3ccccc32)cnn1C. The second-order valence-electron chi connectivity index (χ2n) is 8.72. The molecule has 188 valence electrons. The first kappa shape index (κ1) is 24.2. The van der Waals surface area contributed by atoms with Crippen molar-refractivity contribution in [2.45, 2.75) is 25.6 Å². The van der Waals surface area contributed by atoms with Gasteiger partial charge in [0, 0.05) is 37.3 Å². The zero-order valence-electron chi connectivity index (χ0n) is 19.7. The largest absolute Gasteiger partial charge is 0.435 e. The lowest BCUT2D eigenvalue weighted by molar-refractivity contribution is -0.143. The molecule has 8 nitrogen and oxygen atoms in total. The molecule has 2 aromatic carbocycles. The van der Waals surface area contributed by atoms with Crippen LogP contribution >= 0.6 is 0 Å². The van der Waals surface area contributed by atoms with E-state index in [2.05, 4.69) is 15.4 Å². The lowest BCUT2D eigenvalue weighted by Gasteiger charge is -2.34. The van der Waals surface area contributed by atoms with E-state index in [9.17, 15) is 22.4 Å². The highest BCUT2D eigenvalue weighted by molar-refractivity contribution is 5.94. The number of carbonyl (C=O) groups is 1.